The normalized spacial score (nSPS) is 14.6. The number of rotatable bonds is 8. The van der Waals surface area contributed by atoms with Crippen LogP contribution in [-0.2, 0) is 9.53 Å². The molecule has 0 unspecified atom stereocenters. The summed E-state index contributed by atoms with van der Waals surface area (Å²) in [7, 11) is 0. The van der Waals surface area contributed by atoms with Gasteiger partial charge in [-0.1, -0.05) is 0 Å². The maximum Gasteiger partial charge on any atom is 0.282 e. The number of hydrogen-bond acceptors (Lipinski definition) is 4. The predicted octanol–water partition coefficient (Wildman–Crippen LogP) is 1.16. The lowest BCUT2D eigenvalue weighted by Gasteiger charge is -2.19. The van der Waals surface area contributed by atoms with E-state index in [0.717, 1.165) is 31.0 Å². The Morgan fingerprint density at radius 3 is 2.74 bits per heavy atom. The first-order chi connectivity index (χ1) is 11.1. The number of benzene rings is 1. The number of nitrogens with two attached hydrogens (primary N) is 1. The minimum atomic E-state index is -0.151. The molecule has 0 bridgehead atoms. The highest BCUT2D eigenvalue weighted by atomic mass is 16.6. The minimum Gasteiger partial charge on any atom is -0.486 e. The van der Waals surface area contributed by atoms with Crippen molar-refractivity contribution >= 4 is 11.6 Å². The van der Waals surface area contributed by atoms with Crippen LogP contribution in [0.5, 0.6) is 11.5 Å². The zero-order valence-electron chi connectivity index (χ0n) is 14.1. The second kappa shape index (κ2) is 8.74. The van der Waals surface area contributed by atoms with Crippen LogP contribution in [0.15, 0.2) is 18.2 Å². The molecule has 0 spiro atoms. The number of fused-ring (bicyclic) bond motifs is 1. The van der Waals surface area contributed by atoms with Crippen LogP contribution in [0, 0.1) is 0 Å². The monoisotopic (exact) mass is 323 g/mol. The molecule has 0 fully saturated rings. The molecule has 6 heteroatoms. The Labute approximate surface area is 137 Å². The third-order valence-electron chi connectivity index (χ3n) is 3.54. The molecular weight excluding hydrogens is 296 g/mol. The van der Waals surface area contributed by atoms with Crippen molar-refractivity contribution in [2.45, 2.75) is 39.3 Å². The summed E-state index contributed by atoms with van der Waals surface area (Å²) in [5.41, 5.74) is 0.725. The van der Waals surface area contributed by atoms with Crippen LogP contribution in [0.4, 0.5) is 5.69 Å². The van der Waals surface area contributed by atoms with Crippen LogP contribution in [0.2, 0.25) is 0 Å². The number of quaternary nitrogens is 1. The SMILES string of the molecule is CC(C)OCCC[NH2+][C@H](C)C(=O)Nc1ccc2c(c1)OCCO2. The predicted molar refractivity (Wildman–Crippen MR) is 88.0 cm³/mol. The molecule has 0 aromatic heterocycles. The summed E-state index contributed by atoms with van der Waals surface area (Å²) in [6, 6.07) is 5.30. The molecule has 1 aliphatic rings. The van der Waals surface area contributed by atoms with E-state index in [9.17, 15) is 4.79 Å². The highest BCUT2D eigenvalue weighted by Crippen LogP contribution is 2.32. The van der Waals surface area contributed by atoms with E-state index in [1.807, 2.05) is 38.2 Å². The van der Waals surface area contributed by atoms with Crippen molar-refractivity contribution in [2.75, 3.05) is 31.7 Å². The van der Waals surface area contributed by atoms with Gasteiger partial charge in [0.05, 0.1) is 19.3 Å². The van der Waals surface area contributed by atoms with E-state index in [4.69, 9.17) is 14.2 Å². The van der Waals surface area contributed by atoms with Gasteiger partial charge in [-0.3, -0.25) is 4.79 Å². The topological polar surface area (TPSA) is 73.4 Å². The van der Waals surface area contributed by atoms with Gasteiger partial charge in [-0.05, 0) is 32.9 Å². The minimum absolute atomic E-state index is 0.0218. The molecule has 1 aliphatic heterocycles. The van der Waals surface area contributed by atoms with Crippen molar-refractivity contribution < 1.29 is 24.3 Å². The lowest BCUT2D eigenvalue weighted by molar-refractivity contribution is -0.673. The maximum absolute atomic E-state index is 12.2. The fraction of sp³-hybridized carbons (Fsp3) is 0.588. The maximum atomic E-state index is 12.2. The summed E-state index contributed by atoms with van der Waals surface area (Å²) in [6.07, 6.45) is 1.19. The average Bonchev–Trinajstić information content (AvgIpc) is 2.54. The van der Waals surface area contributed by atoms with Crippen molar-refractivity contribution in [3.05, 3.63) is 18.2 Å². The summed E-state index contributed by atoms with van der Waals surface area (Å²) in [5, 5.41) is 4.94. The summed E-state index contributed by atoms with van der Waals surface area (Å²) < 4.78 is 16.5. The molecule has 1 atom stereocenters. The summed E-state index contributed by atoms with van der Waals surface area (Å²) in [5.74, 6) is 1.38. The molecule has 3 N–H and O–H groups in total. The van der Waals surface area contributed by atoms with E-state index in [1.165, 1.54) is 0 Å². The fourth-order valence-corrected chi connectivity index (χ4v) is 2.25. The Morgan fingerprint density at radius 1 is 1.26 bits per heavy atom. The summed E-state index contributed by atoms with van der Waals surface area (Å²) >= 11 is 0. The second-order valence-corrected chi connectivity index (χ2v) is 5.93. The summed E-state index contributed by atoms with van der Waals surface area (Å²) in [6.45, 7) is 8.63. The van der Waals surface area contributed by atoms with Crippen molar-refractivity contribution in [1.82, 2.24) is 0 Å². The Bertz CT molecular complexity index is 519. The number of carbonyl (C=O) groups is 1. The van der Waals surface area contributed by atoms with Gasteiger partial charge in [-0.15, -0.1) is 0 Å². The number of nitrogens with one attached hydrogen (secondary N) is 1. The molecule has 1 aromatic rings. The Balaban J connectivity index is 1.75. The molecule has 2 rings (SSSR count). The number of ether oxygens (including phenoxy) is 3. The first kappa shape index (κ1) is 17.6. The van der Waals surface area contributed by atoms with Gasteiger partial charge in [0.15, 0.2) is 17.5 Å². The van der Waals surface area contributed by atoms with E-state index < -0.39 is 0 Å². The largest absolute Gasteiger partial charge is 0.486 e. The van der Waals surface area contributed by atoms with Crippen LogP contribution in [0.1, 0.15) is 27.2 Å². The standard InChI is InChI=1S/C17H26N2O4/c1-12(2)21-8-4-7-18-13(3)17(20)19-14-5-6-15-16(11-14)23-10-9-22-15/h5-6,11-13,18H,4,7-10H2,1-3H3,(H,19,20)/p+1/t13-/m1/s1. The van der Waals surface area contributed by atoms with Gasteiger partial charge >= 0.3 is 0 Å². The van der Waals surface area contributed by atoms with Crippen LogP contribution < -0.4 is 20.1 Å². The van der Waals surface area contributed by atoms with Crippen LogP contribution in [0.3, 0.4) is 0 Å². The molecule has 1 heterocycles. The zero-order chi connectivity index (χ0) is 16.7. The van der Waals surface area contributed by atoms with E-state index in [-0.39, 0.29) is 18.1 Å². The van der Waals surface area contributed by atoms with Gasteiger partial charge in [0.1, 0.15) is 13.2 Å². The van der Waals surface area contributed by atoms with E-state index in [2.05, 4.69) is 5.32 Å². The highest BCUT2D eigenvalue weighted by Gasteiger charge is 2.17. The Morgan fingerprint density at radius 2 is 2.00 bits per heavy atom. The third-order valence-corrected chi connectivity index (χ3v) is 3.54. The number of amides is 1. The van der Waals surface area contributed by atoms with Crippen molar-refractivity contribution in [3.8, 4) is 11.5 Å². The Hall–Kier alpha value is -1.79. The molecule has 0 saturated carbocycles. The van der Waals surface area contributed by atoms with Gasteiger partial charge < -0.3 is 24.8 Å². The van der Waals surface area contributed by atoms with Crippen molar-refractivity contribution in [3.63, 3.8) is 0 Å². The quantitative estimate of drug-likeness (QED) is 0.704. The molecule has 128 valence electrons. The van der Waals surface area contributed by atoms with Crippen LogP contribution in [-0.4, -0.2) is 44.4 Å². The number of anilines is 1. The van der Waals surface area contributed by atoms with Gasteiger partial charge in [0.2, 0.25) is 0 Å². The third kappa shape index (κ3) is 5.73. The van der Waals surface area contributed by atoms with E-state index >= 15 is 0 Å². The van der Waals surface area contributed by atoms with Crippen molar-refractivity contribution in [2.24, 2.45) is 0 Å². The van der Waals surface area contributed by atoms with Gasteiger partial charge in [0, 0.05) is 18.2 Å². The zero-order valence-corrected chi connectivity index (χ0v) is 14.1. The molecule has 0 aliphatic carbocycles. The fourth-order valence-electron chi connectivity index (χ4n) is 2.25. The van der Waals surface area contributed by atoms with Crippen molar-refractivity contribution in [1.29, 1.82) is 0 Å². The molecule has 0 radical (unpaired) electrons. The van der Waals surface area contributed by atoms with E-state index in [1.54, 1.807) is 6.07 Å². The van der Waals surface area contributed by atoms with Gasteiger partial charge in [-0.2, -0.15) is 0 Å². The second-order valence-electron chi connectivity index (χ2n) is 5.93. The molecular formula is C17H27N2O4+. The molecule has 1 amide bonds. The highest BCUT2D eigenvalue weighted by molar-refractivity contribution is 5.93. The lowest BCUT2D eigenvalue weighted by atomic mass is 10.2. The lowest BCUT2D eigenvalue weighted by Crippen LogP contribution is -2.91. The number of carbonyl (C=O) groups excluding carboxylic acids is 1. The van der Waals surface area contributed by atoms with Crippen LogP contribution in [0.25, 0.3) is 0 Å². The Kier molecular flexibility index (Phi) is 6.67. The van der Waals surface area contributed by atoms with Gasteiger partial charge in [0.25, 0.3) is 5.91 Å². The molecule has 23 heavy (non-hydrogen) atoms. The first-order valence-corrected chi connectivity index (χ1v) is 8.21. The van der Waals surface area contributed by atoms with Crippen LogP contribution >= 0.6 is 0 Å². The molecule has 6 nitrogen and oxygen atoms in total. The average molecular weight is 323 g/mol. The smallest absolute Gasteiger partial charge is 0.282 e. The summed E-state index contributed by atoms with van der Waals surface area (Å²) in [4.78, 5) is 12.2. The molecule has 0 saturated heterocycles. The first-order valence-electron chi connectivity index (χ1n) is 8.21. The van der Waals surface area contributed by atoms with Gasteiger partial charge in [-0.25, -0.2) is 0 Å². The number of hydrogen-bond donors (Lipinski definition) is 2. The molecule has 1 aromatic carbocycles. The van der Waals surface area contributed by atoms with E-state index in [0.29, 0.717) is 19.0 Å².